The summed E-state index contributed by atoms with van der Waals surface area (Å²) in [4.78, 5) is 12.9. The van der Waals surface area contributed by atoms with E-state index in [4.69, 9.17) is 9.84 Å². The second kappa shape index (κ2) is 32.6. The zero-order valence-corrected chi connectivity index (χ0v) is 26.3. The van der Waals surface area contributed by atoms with Gasteiger partial charge in [-0.25, -0.2) is 0 Å². The molecule has 0 aliphatic rings. The van der Waals surface area contributed by atoms with Gasteiger partial charge in [-0.3, -0.25) is 4.79 Å². The van der Waals surface area contributed by atoms with Gasteiger partial charge in [0.15, 0.2) is 0 Å². The summed E-state index contributed by atoms with van der Waals surface area (Å²) >= 11 is 0. The molecule has 1 N–H and O–H groups in total. The van der Waals surface area contributed by atoms with Crippen LogP contribution >= 0.6 is 0 Å². The molecule has 0 aromatic heterocycles. The summed E-state index contributed by atoms with van der Waals surface area (Å²) in [6.45, 7) is 5.50. The molecule has 0 saturated carbocycles. The van der Waals surface area contributed by atoms with E-state index in [0.29, 0.717) is 13.2 Å². The highest BCUT2D eigenvalue weighted by Gasteiger charge is 2.19. The van der Waals surface area contributed by atoms with Crippen molar-refractivity contribution in [3.05, 3.63) is 0 Å². The molecule has 3 heteroatoms. The molecule has 228 valence electrons. The molecule has 0 aliphatic heterocycles. The minimum absolute atomic E-state index is 0.0905. The lowest BCUT2D eigenvalue weighted by Gasteiger charge is -2.16. The summed E-state index contributed by atoms with van der Waals surface area (Å²) in [5.41, 5.74) is 0. The van der Waals surface area contributed by atoms with Crippen LogP contribution in [0.3, 0.4) is 0 Å². The minimum atomic E-state index is 0.0905. The van der Waals surface area contributed by atoms with E-state index in [1.807, 2.05) is 0 Å². The third-order valence-corrected chi connectivity index (χ3v) is 8.19. The number of carbonyl (C=O) groups is 1. The number of hydrogen-bond acceptors (Lipinski definition) is 3. The molecule has 0 aromatic rings. The van der Waals surface area contributed by atoms with E-state index in [1.54, 1.807) is 0 Å². The Balaban J connectivity index is 4.02. The Morgan fingerprint density at radius 3 is 1.16 bits per heavy atom. The Morgan fingerprint density at radius 2 is 0.789 bits per heavy atom. The minimum Gasteiger partial charge on any atom is -0.465 e. The van der Waals surface area contributed by atoms with Crippen LogP contribution in [0.15, 0.2) is 0 Å². The van der Waals surface area contributed by atoms with Crippen molar-refractivity contribution < 1.29 is 14.6 Å². The van der Waals surface area contributed by atoms with Gasteiger partial charge in [-0.1, -0.05) is 174 Å². The zero-order valence-electron chi connectivity index (χ0n) is 26.3. The third-order valence-electron chi connectivity index (χ3n) is 8.19. The second-order valence-corrected chi connectivity index (χ2v) is 12.0. The molecule has 1 atom stereocenters. The lowest BCUT2D eigenvalue weighted by atomic mass is 9.94. The lowest BCUT2D eigenvalue weighted by Crippen LogP contribution is -2.18. The SMILES string of the molecule is CCCCCCCCCCCCC(CCCCCCCCCC)C(=O)OCCCCCCCCCCCO. The number of aliphatic hydroxyl groups is 1. The van der Waals surface area contributed by atoms with Crippen molar-refractivity contribution in [1.29, 1.82) is 0 Å². The van der Waals surface area contributed by atoms with Crippen LogP contribution in [0.2, 0.25) is 0 Å². The van der Waals surface area contributed by atoms with Gasteiger partial charge in [-0.05, 0) is 25.7 Å². The van der Waals surface area contributed by atoms with Gasteiger partial charge in [-0.2, -0.15) is 0 Å². The molecule has 0 saturated heterocycles. The number of ether oxygens (including phenoxy) is 1. The number of esters is 1. The first-order valence-electron chi connectivity index (χ1n) is 17.5. The monoisotopic (exact) mass is 539 g/mol. The number of unbranched alkanes of at least 4 members (excludes halogenated alkanes) is 24. The molecular weight excluding hydrogens is 468 g/mol. The highest BCUT2D eigenvalue weighted by atomic mass is 16.5. The van der Waals surface area contributed by atoms with E-state index in [2.05, 4.69) is 13.8 Å². The number of carbonyl (C=O) groups excluding carboxylic acids is 1. The van der Waals surface area contributed by atoms with E-state index in [9.17, 15) is 4.79 Å². The Bertz CT molecular complexity index is 450. The average Bonchev–Trinajstić information content (AvgIpc) is 2.92. The summed E-state index contributed by atoms with van der Waals surface area (Å²) < 4.78 is 5.78. The van der Waals surface area contributed by atoms with Crippen LogP contribution in [0.25, 0.3) is 0 Å². The number of aliphatic hydroxyl groups excluding tert-OH is 1. The van der Waals surface area contributed by atoms with Crippen molar-refractivity contribution in [1.82, 2.24) is 0 Å². The fourth-order valence-electron chi connectivity index (χ4n) is 5.52. The third kappa shape index (κ3) is 28.4. The average molecular weight is 539 g/mol. The first-order chi connectivity index (χ1) is 18.8. The highest BCUT2D eigenvalue weighted by Crippen LogP contribution is 2.21. The van der Waals surface area contributed by atoms with Gasteiger partial charge in [-0.15, -0.1) is 0 Å². The van der Waals surface area contributed by atoms with Gasteiger partial charge >= 0.3 is 5.97 Å². The van der Waals surface area contributed by atoms with Crippen molar-refractivity contribution in [3.8, 4) is 0 Å². The topological polar surface area (TPSA) is 46.5 Å². The van der Waals surface area contributed by atoms with Gasteiger partial charge in [0.05, 0.1) is 12.5 Å². The maximum Gasteiger partial charge on any atom is 0.308 e. The molecule has 0 amide bonds. The van der Waals surface area contributed by atoms with E-state index in [0.717, 1.165) is 32.1 Å². The molecule has 0 aromatic carbocycles. The van der Waals surface area contributed by atoms with Crippen LogP contribution < -0.4 is 0 Å². The van der Waals surface area contributed by atoms with Gasteiger partial charge in [0.1, 0.15) is 0 Å². The van der Waals surface area contributed by atoms with E-state index >= 15 is 0 Å². The molecule has 38 heavy (non-hydrogen) atoms. The number of rotatable bonds is 32. The summed E-state index contributed by atoms with van der Waals surface area (Å²) in [5.74, 6) is 0.218. The summed E-state index contributed by atoms with van der Waals surface area (Å²) in [7, 11) is 0. The predicted octanol–water partition coefficient (Wildman–Crippen LogP) is 11.5. The predicted molar refractivity (Wildman–Crippen MR) is 167 cm³/mol. The van der Waals surface area contributed by atoms with Gasteiger partial charge in [0, 0.05) is 6.61 Å². The molecular formula is C35H70O3. The smallest absolute Gasteiger partial charge is 0.308 e. The lowest BCUT2D eigenvalue weighted by molar-refractivity contribution is -0.149. The van der Waals surface area contributed by atoms with Crippen LogP contribution in [-0.4, -0.2) is 24.3 Å². The summed E-state index contributed by atoms with van der Waals surface area (Å²) in [5, 5.41) is 8.83. The van der Waals surface area contributed by atoms with Crippen LogP contribution in [0.1, 0.15) is 200 Å². The van der Waals surface area contributed by atoms with Gasteiger partial charge in [0.25, 0.3) is 0 Å². The second-order valence-electron chi connectivity index (χ2n) is 12.0. The normalized spacial score (nSPS) is 12.2. The fraction of sp³-hybridized carbons (Fsp3) is 0.971. The quantitative estimate of drug-likeness (QED) is 0.0684. The van der Waals surface area contributed by atoms with Crippen molar-refractivity contribution >= 4 is 5.97 Å². The first-order valence-corrected chi connectivity index (χ1v) is 17.5. The highest BCUT2D eigenvalue weighted by molar-refractivity contribution is 5.72. The van der Waals surface area contributed by atoms with Crippen LogP contribution in [0, 0.1) is 5.92 Å². The standard InChI is InChI=1S/C35H70O3/c1-3-5-7-9-11-13-15-19-23-27-31-34(30-26-22-18-12-10-8-6-4-2)35(37)38-33-29-25-21-17-14-16-20-24-28-32-36/h34,36H,3-33H2,1-2H3. The van der Waals surface area contributed by atoms with E-state index in [-0.39, 0.29) is 11.9 Å². The molecule has 0 radical (unpaired) electrons. The van der Waals surface area contributed by atoms with Gasteiger partial charge < -0.3 is 9.84 Å². The van der Waals surface area contributed by atoms with Crippen molar-refractivity contribution in [2.24, 2.45) is 5.92 Å². The largest absolute Gasteiger partial charge is 0.465 e. The molecule has 3 nitrogen and oxygen atoms in total. The summed E-state index contributed by atoms with van der Waals surface area (Å²) in [6.07, 6.45) is 36.8. The van der Waals surface area contributed by atoms with Crippen LogP contribution in [0.5, 0.6) is 0 Å². The maximum atomic E-state index is 12.9. The molecule has 0 heterocycles. The summed E-state index contributed by atoms with van der Waals surface area (Å²) in [6, 6.07) is 0. The molecule has 0 spiro atoms. The Labute approximate surface area is 239 Å². The van der Waals surface area contributed by atoms with E-state index in [1.165, 1.54) is 154 Å². The van der Waals surface area contributed by atoms with Crippen molar-refractivity contribution in [2.75, 3.05) is 13.2 Å². The molecule has 0 bridgehead atoms. The zero-order chi connectivity index (χ0) is 27.8. The Morgan fingerprint density at radius 1 is 0.474 bits per heavy atom. The van der Waals surface area contributed by atoms with Crippen LogP contribution in [-0.2, 0) is 9.53 Å². The van der Waals surface area contributed by atoms with Crippen molar-refractivity contribution in [3.63, 3.8) is 0 Å². The first kappa shape index (κ1) is 37.4. The Hall–Kier alpha value is -0.570. The maximum absolute atomic E-state index is 12.9. The molecule has 0 fully saturated rings. The number of hydrogen-bond donors (Lipinski definition) is 1. The molecule has 0 rings (SSSR count). The van der Waals surface area contributed by atoms with Crippen LogP contribution in [0.4, 0.5) is 0 Å². The fourth-order valence-corrected chi connectivity index (χ4v) is 5.52. The molecule has 1 unspecified atom stereocenters. The molecule has 0 aliphatic carbocycles. The van der Waals surface area contributed by atoms with E-state index < -0.39 is 0 Å². The van der Waals surface area contributed by atoms with Crippen molar-refractivity contribution in [2.45, 2.75) is 200 Å². The van der Waals surface area contributed by atoms with Gasteiger partial charge in [0.2, 0.25) is 0 Å². The Kier molecular flexibility index (Phi) is 32.2.